The smallest absolute Gasteiger partial charge is 0.335 e. The van der Waals surface area contributed by atoms with Crippen molar-refractivity contribution in [2.45, 2.75) is 90.1 Å². The lowest BCUT2D eigenvalue weighted by atomic mass is 9.45. The van der Waals surface area contributed by atoms with Gasteiger partial charge < -0.3 is 15.5 Å². The van der Waals surface area contributed by atoms with Crippen LogP contribution in [-0.4, -0.2) is 18.0 Å². The van der Waals surface area contributed by atoms with E-state index in [4.69, 9.17) is 10.2 Å². The van der Waals surface area contributed by atoms with E-state index in [-0.39, 0.29) is 23.0 Å². The third kappa shape index (κ3) is 3.39. The third-order valence-corrected chi connectivity index (χ3v) is 9.95. The quantitative estimate of drug-likeness (QED) is 0.680. The number of carbonyl (C=O) groups excluding carboxylic acids is 1. The maximum absolute atomic E-state index is 12.1. The van der Waals surface area contributed by atoms with Crippen LogP contribution in [-0.2, 0) is 4.79 Å². The van der Waals surface area contributed by atoms with Crippen molar-refractivity contribution in [3.8, 4) is 0 Å². The van der Waals surface area contributed by atoms with Gasteiger partial charge in [0.1, 0.15) is 0 Å². The first-order chi connectivity index (χ1) is 15.2. The molecule has 3 N–H and O–H groups in total. The molecule has 3 fully saturated rings. The molecular formula is C27H38N2O3. The van der Waals surface area contributed by atoms with E-state index in [9.17, 15) is 9.59 Å². The molecule has 5 nitrogen and oxygen atoms in total. The summed E-state index contributed by atoms with van der Waals surface area (Å²) in [5.41, 5.74) is 8.89. The standard InChI is InChI=1S/C27H38N2O3/c1-16(28)25(31)29-19-10-12-26(2)18(14-19)5-6-20-22-8-7-21(17-4-9-24(30)32-15-17)27(22,3)13-11-23(20)26/h4,8-9,15-16,18-21,23H,5-7,10-14,28H2,1-3H3,(H,29,31)/t16-,18+,19-,20-,21+,23-,26-,27+/m0/s1. The van der Waals surface area contributed by atoms with Crippen LogP contribution in [0, 0.1) is 28.6 Å². The average molecular weight is 439 g/mol. The van der Waals surface area contributed by atoms with Gasteiger partial charge in [0.2, 0.25) is 5.91 Å². The minimum absolute atomic E-state index is 0.0142. The lowest BCUT2D eigenvalue weighted by Crippen LogP contribution is -2.54. The number of nitrogens with two attached hydrogens (primary N) is 1. The predicted octanol–water partition coefficient (Wildman–Crippen LogP) is 4.52. The Morgan fingerprint density at radius 3 is 2.72 bits per heavy atom. The number of carbonyl (C=O) groups is 1. The SMILES string of the molecule is C[C@H](N)C(=O)N[C@H]1CC[C@@]2(C)[C@H](CC[C@H]3C4=CC[C@H](c5ccc(=O)oc5)[C@@]4(C)CC[C@@H]32)C1. The number of nitrogens with one attached hydrogen (secondary N) is 1. The fraction of sp³-hybridized carbons (Fsp3) is 0.704. The second-order valence-corrected chi connectivity index (χ2v) is 11.6. The monoisotopic (exact) mass is 438 g/mol. The van der Waals surface area contributed by atoms with Gasteiger partial charge in [-0.15, -0.1) is 0 Å². The Balaban J connectivity index is 1.34. The van der Waals surface area contributed by atoms with Gasteiger partial charge in [-0.2, -0.15) is 0 Å². The predicted molar refractivity (Wildman–Crippen MR) is 125 cm³/mol. The normalized spacial score (nSPS) is 41.6. The summed E-state index contributed by atoms with van der Waals surface area (Å²) in [5.74, 6) is 2.49. The van der Waals surface area contributed by atoms with E-state index in [0.29, 0.717) is 23.2 Å². The molecule has 0 radical (unpaired) electrons. The summed E-state index contributed by atoms with van der Waals surface area (Å²) in [6.45, 7) is 6.75. The largest absolute Gasteiger partial charge is 0.431 e. The lowest BCUT2D eigenvalue weighted by molar-refractivity contribution is -0.124. The number of fused-ring (bicyclic) bond motifs is 5. The number of hydrogen-bond acceptors (Lipinski definition) is 4. The Kier molecular flexibility index (Phi) is 5.39. The van der Waals surface area contributed by atoms with Crippen LogP contribution in [0.5, 0.6) is 0 Å². The molecule has 0 aromatic carbocycles. The van der Waals surface area contributed by atoms with Crippen molar-refractivity contribution < 1.29 is 9.21 Å². The maximum atomic E-state index is 12.1. The van der Waals surface area contributed by atoms with Crippen molar-refractivity contribution in [2.24, 2.45) is 34.3 Å². The van der Waals surface area contributed by atoms with Gasteiger partial charge in [0.25, 0.3) is 0 Å². The van der Waals surface area contributed by atoms with Gasteiger partial charge in [-0.1, -0.05) is 25.5 Å². The number of hydrogen-bond donors (Lipinski definition) is 2. The molecule has 1 heterocycles. The number of amides is 1. The highest BCUT2D eigenvalue weighted by atomic mass is 16.4. The average Bonchev–Trinajstić information content (AvgIpc) is 3.11. The van der Waals surface area contributed by atoms with E-state index in [1.54, 1.807) is 24.8 Å². The Hall–Kier alpha value is -1.88. The zero-order valence-electron chi connectivity index (χ0n) is 19.7. The van der Waals surface area contributed by atoms with Crippen LogP contribution in [0.1, 0.15) is 83.6 Å². The minimum Gasteiger partial charge on any atom is -0.431 e. The summed E-state index contributed by atoms with van der Waals surface area (Å²) in [4.78, 5) is 23.6. The Morgan fingerprint density at radius 1 is 1.19 bits per heavy atom. The molecule has 1 aromatic heterocycles. The molecule has 1 aromatic rings. The van der Waals surface area contributed by atoms with Gasteiger partial charge >= 0.3 is 5.63 Å². The summed E-state index contributed by atoms with van der Waals surface area (Å²) in [5, 5.41) is 3.21. The first kappa shape index (κ1) is 21.9. The van der Waals surface area contributed by atoms with Gasteiger partial charge in [0, 0.05) is 12.1 Å². The second-order valence-electron chi connectivity index (χ2n) is 11.6. The molecule has 5 heteroatoms. The fourth-order valence-electron chi connectivity index (χ4n) is 8.12. The molecule has 4 aliphatic carbocycles. The summed E-state index contributed by atoms with van der Waals surface area (Å²) in [7, 11) is 0. The van der Waals surface area contributed by atoms with E-state index in [1.807, 2.05) is 6.07 Å². The van der Waals surface area contributed by atoms with Crippen LogP contribution in [0.25, 0.3) is 0 Å². The first-order valence-electron chi connectivity index (χ1n) is 12.6. The van der Waals surface area contributed by atoms with Crippen molar-refractivity contribution >= 4 is 5.91 Å². The molecule has 0 aliphatic heterocycles. The number of rotatable bonds is 3. The Bertz CT molecular complexity index is 961. The third-order valence-electron chi connectivity index (χ3n) is 9.95. The second kappa shape index (κ2) is 7.86. The molecule has 4 aliphatic rings. The Labute approximate surface area is 191 Å². The molecule has 0 spiro atoms. The maximum Gasteiger partial charge on any atom is 0.335 e. The summed E-state index contributed by atoms with van der Waals surface area (Å²) < 4.78 is 5.22. The van der Waals surface area contributed by atoms with E-state index >= 15 is 0 Å². The van der Waals surface area contributed by atoms with Crippen molar-refractivity contribution in [3.63, 3.8) is 0 Å². The van der Waals surface area contributed by atoms with Gasteiger partial charge in [-0.25, -0.2) is 4.79 Å². The molecule has 0 bridgehead atoms. The van der Waals surface area contributed by atoms with Crippen LogP contribution >= 0.6 is 0 Å². The van der Waals surface area contributed by atoms with Crippen LogP contribution in [0.2, 0.25) is 0 Å². The highest BCUT2D eigenvalue weighted by Crippen LogP contribution is 2.67. The van der Waals surface area contributed by atoms with Gasteiger partial charge in [0.15, 0.2) is 0 Å². The zero-order chi connectivity index (χ0) is 22.7. The molecule has 32 heavy (non-hydrogen) atoms. The highest BCUT2D eigenvalue weighted by molar-refractivity contribution is 5.81. The molecule has 0 unspecified atom stereocenters. The molecule has 1 amide bonds. The van der Waals surface area contributed by atoms with E-state index in [0.717, 1.165) is 25.2 Å². The Morgan fingerprint density at radius 2 is 2.00 bits per heavy atom. The van der Waals surface area contributed by atoms with E-state index in [1.165, 1.54) is 37.7 Å². The lowest BCUT2D eigenvalue weighted by Gasteiger charge is -2.60. The van der Waals surface area contributed by atoms with Crippen molar-refractivity contribution in [1.82, 2.24) is 5.32 Å². The zero-order valence-corrected chi connectivity index (χ0v) is 19.7. The van der Waals surface area contributed by atoms with Crippen LogP contribution in [0.3, 0.4) is 0 Å². The van der Waals surface area contributed by atoms with Crippen molar-refractivity contribution in [1.29, 1.82) is 0 Å². The highest BCUT2D eigenvalue weighted by Gasteiger charge is 2.57. The molecule has 5 rings (SSSR count). The van der Waals surface area contributed by atoms with Crippen LogP contribution in [0.15, 0.2) is 39.3 Å². The van der Waals surface area contributed by atoms with Gasteiger partial charge in [0.05, 0.1) is 12.3 Å². The van der Waals surface area contributed by atoms with Gasteiger partial charge in [-0.3, -0.25) is 4.79 Å². The summed E-state index contributed by atoms with van der Waals surface area (Å²) >= 11 is 0. The molecular weight excluding hydrogens is 400 g/mol. The van der Waals surface area contributed by atoms with Crippen molar-refractivity contribution in [2.75, 3.05) is 0 Å². The van der Waals surface area contributed by atoms with E-state index in [2.05, 4.69) is 25.2 Å². The molecule has 3 saturated carbocycles. The molecule has 0 saturated heterocycles. The van der Waals surface area contributed by atoms with Crippen molar-refractivity contribution in [3.05, 3.63) is 46.0 Å². The summed E-state index contributed by atoms with van der Waals surface area (Å²) in [6.07, 6.45) is 13.6. The topological polar surface area (TPSA) is 85.3 Å². The fourth-order valence-corrected chi connectivity index (χ4v) is 8.12. The van der Waals surface area contributed by atoms with Gasteiger partial charge in [-0.05, 0) is 104 Å². The molecule has 174 valence electrons. The minimum atomic E-state index is -0.435. The first-order valence-corrected chi connectivity index (χ1v) is 12.6. The van der Waals surface area contributed by atoms with Crippen LogP contribution in [0.4, 0.5) is 0 Å². The summed E-state index contributed by atoms with van der Waals surface area (Å²) in [6, 6.07) is 3.38. The number of allylic oxidation sites excluding steroid dienone is 2. The molecule has 8 atom stereocenters. The van der Waals surface area contributed by atoms with Crippen LogP contribution < -0.4 is 16.7 Å². The van der Waals surface area contributed by atoms with E-state index < -0.39 is 6.04 Å².